The second-order valence-corrected chi connectivity index (χ2v) is 5.01. The van der Waals surface area contributed by atoms with Crippen LogP contribution in [0.3, 0.4) is 0 Å². The molecule has 1 aromatic heterocycles. The number of ether oxygens (including phenoxy) is 1. The van der Waals surface area contributed by atoms with Gasteiger partial charge in [0.1, 0.15) is 11.6 Å². The Morgan fingerprint density at radius 1 is 1.42 bits per heavy atom. The minimum Gasteiger partial charge on any atom is -0.475 e. The molecule has 1 atom stereocenters. The van der Waals surface area contributed by atoms with Gasteiger partial charge in [-0.1, -0.05) is 18.5 Å². The predicted molar refractivity (Wildman–Crippen MR) is 90.3 cm³/mol. The summed E-state index contributed by atoms with van der Waals surface area (Å²) in [6.45, 7) is 2.56. The fourth-order valence-electron chi connectivity index (χ4n) is 1.58. The third-order valence-corrected chi connectivity index (χ3v) is 3.00. The third kappa shape index (κ3) is 8.23. The van der Waals surface area contributed by atoms with Crippen molar-refractivity contribution < 1.29 is 22.7 Å². The maximum atomic E-state index is 12.4. The van der Waals surface area contributed by atoms with Crippen LogP contribution in [-0.2, 0) is 11.0 Å². The van der Waals surface area contributed by atoms with E-state index in [0.717, 1.165) is 6.07 Å². The molecule has 0 aliphatic carbocycles. The molecule has 0 bridgehead atoms. The highest BCUT2D eigenvalue weighted by Gasteiger charge is 2.31. The van der Waals surface area contributed by atoms with E-state index in [0.29, 0.717) is 12.7 Å². The number of pyridine rings is 1. The van der Waals surface area contributed by atoms with Gasteiger partial charge in [-0.2, -0.15) is 13.2 Å². The average molecular weight is 413 g/mol. The van der Waals surface area contributed by atoms with Crippen LogP contribution in [0.2, 0.25) is 5.02 Å². The van der Waals surface area contributed by atoms with Gasteiger partial charge >= 0.3 is 6.18 Å². The van der Waals surface area contributed by atoms with Crippen molar-refractivity contribution in [3.63, 3.8) is 0 Å². The van der Waals surface area contributed by atoms with Crippen molar-refractivity contribution in [1.29, 1.82) is 0 Å². The largest absolute Gasteiger partial charge is 0.475 e. The van der Waals surface area contributed by atoms with Gasteiger partial charge in [-0.05, 0) is 13.1 Å². The highest BCUT2D eigenvalue weighted by Crippen LogP contribution is 2.32. The number of alkyl halides is 3. The molecule has 5 nitrogen and oxygen atoms in total. The lowest BCUT2D eigenvalue weighted by atomic mass is 10.1. The van der Waals surface area contributed by atoms with Gasteiger partial charge in [0.25, 0.3) is 0 Å². The van der Waals surface area contributed by atoms with Crippen LogP contribution < -0.4 is 15.4 Å². The molecule has 0 saturated carbocycles. The SMILES string of the molecule is CNCC(C)C(=O)NCCOc1ncc(C(F)(F)F)cc1Cl.Cl.Cl. The molecule has 1 amide bonds. The summed E-state index contributed by atoms with van der Waals surface area (Å²) < 4.78 is 42.5. The molecule has 24 heavy (non-hydrogen) atoms. The molecule has 1 aromatic rings. The Hall–Kier alpha value is -0.960. The van der Waals surface area contributed by atoms with Crippen molar-refractivity contribution in [2.75, 3.05) is 26.7 Å². The van der Waals surface area contributed by atoms with Crippen LogP contribution in [0.5, 0.6) is 5.88 Å². The molecule has 11 heteroatoms. The Kier molecular flexibility index (Phi) is 12.2. The van der Waals surface area contributed by atoms with E-state index in [-0.39, 0.29) is 60.7 Å². The average Bonchev–Trinajstić information content (AvgIpc) is 2.43. The summed E-state index contributed by atoms with van der Waals surface area (Å²) >= 11 is 5.69. The van der Waals surface area contributed by atoms with Crippen LogP contribution >= 0.6 is 36.4 Å². The van der Waals surface area contributed by atoms with E-state index in [9.17, 15) is 18.0 Å². The maximum Gasteiger partial charge on any atom is 0.417 e. The molecular formula is C13H19Cl3F3N3O2. The second kappa shape index (κ2) is 11.6. The van der Waals surface area contributed by atoms with Crippen LogP contribution in [0.4, 0.5) is 13.2 Å². The number of aromatic nitrogens is 1. The maximum absolute atomic E-state index is 12.4. The molecule has 0 spiro atoms. The van der Waals surface area contributed by atoms with Gasteiger partial charge < -0.3 is 15.4 Å². The van der Waals surface area contributed by atoms with Crippen molar-refractivity contribution in [3.05, 3.63) is 22.8 Å². The first-order valence-electron chi connectivity index (χ1n) is 6.53. The van der Waals surface area contributed by atoms with Gasteiger partial charge in [-0.15, -0.1) is 24.8 Å². The number of carbonyl (C=O) groups is 1. The first-order valence-corrected chi connectivity index (χ1v) is 6.91. The van der Waals surface area contributed by atoms with E-state index in [4.69, 9.17) is 16.3 Å². The molecule has 140 valence electrons. The lowest BCUT2D eigenvalue weighted by Gasteiger charge is -2.13. The normalized spacial score (nSPS) is 11.8. The van der Waals surface area contributed by atoms with Gasteiger partial charge in [0.05, 0.1) is 12.1 Å². The van der Waals surface area contributed by atoms with E-state index >= 15 is 0 Å². The summed E-state index contributed by atoms with van der Waals surface area (Å²) in [5, 5.41) is 5.28. The molecule has 0 aliphatic heterocycles. The molecule has 0 radical (unpaired) electrons. The van der Waals surface area contributed by atoms with Crippen molar-refractivity contribution in [2.24, 2.45) is 5.92 Å². The summed E-state index contributed by atoms with van der Waals surface area (Å²) in [4.78, 5) is 15.1. The Morgan fingerprint density at radius 2 is 2.04 bits per heavy atom. The summed E-state index contributed by atoms with van der Waals surface area (Å²) in [5.74, 6) is -0.450. The van der Waals surface area contributed by atoms with E-state index in [1.165, 1.54) is 0 Å². The van der Waals surface area contributed by atoms with Crippen LogP contribution in [0.1, 0.15) is 12.5 Å². The monoisotopic (exact) mass is 411 g/mol. The molecule has 0 saturated heterocycles. The van der Waals surface area contributed by atoms with E-state index in [2.05, 4.69) is 15.6 Å². The highest BCUT2D eigenvalue weighted by atomic mass is 35.5. The van der Waals surface area contributed by atoms with Gasteiger partial charge in [-0.3, -0.25) is 4.79 Å². The molecule has 1 heterocycles. The van der Waals surface area contributed by atoms with Crippen molar-refractivity contribution in [2.45, 2.75) is 13.1 Å². The Labute approximate surface area is 155 Å². The number of nitrogens with zero attached hydrogens (tertiary/aromatic N) is 1. The number of hydrogen-bond donors (Lipinski definition) is 2. The quantitative estimate of drug-likeness (QED) is 0.676. The van der Waals surface area contributed by atoms with Gasteiger partial charge in [0.2, 0.25) is 11.8 Å². The molecule has 0 aliphatic rings. The number of nitrogens with one attached hydrogen (secondary N) is 2. The minimum atomic E-state index is -4.51. The zero-order valence-electron chi connectivity index (χ0n) is 12.9. The molecule has 1 rings (SSSR count). The molecule has 0 aromatic carbocycles. The number of carbonyl (C=O) groups excluding carboxylic acids is 1. The fraction of sp³-hybridized carbons (Fsp3) is 0.538. The number of rotatable bonds is 7. The summed E-state index contributed by atoms with van der Waals surface area (Å²) in [6, 6.07) is 0.747. The van der Waals surface area contributed by atoms with Crippen molar-refractivity contribution >= 4 is 42.3 Å². The van der Waals surface area contributed by atoms with E-state index < -0.39 is 11.7 Å². The van der Waals surface area contributed by atoms with E-state index in [1.807, 2.05) is 0 Å². The smallest absolute Gasteiger partial charge is 0.417 e. The van der Waals surface area contributed by atoms with Gasteiger partial charge in [0.15, 0.2) is 0 Å². The predicted octanol–water partition coefficient (Wildman–Crippen LogP) is 2.95. The van der Waals surface area contributed by atoms with E-state index in [1.54, 1.807) is 14.0 Å². The van der Waals surface area contributed by atoms with Crippen molar-refractivity contribution in [1.82, 2.24) is 15.6 Å². The first-order chi connectivity index (χ1) is 10.3. The Morgan fingerprint density at radius 3 is 2.54 bits per heavy atom. The summed E-state index contributed by atoms with van der Waals surface area (Å²) in [6.07, 6.45) is -3.86. The van der Waals surface area contributed by atoms with Crippen LogP contribution in [0.15, 0.2) is 12.3 Å². The zero-order chi connectivity index (χ0) is 16.8. The highest BCUT2D eigenvalue weighted by molar-refractivity contribution is 6.31. The molecular weight excluding hydrogens is 394 g/mol. The number of hydrogen-bond acceptors (Lipinski definition) is 4. The standard InChI is InChI=1S/C13H17ClF3N3O2.2ClH/c1-8(6-18-2)11(21)19-3-4-22-12-10(14)5-9(7-20-12)13(15,16)17;;/h5,7-8,18H,3-4,6H2,1-2H3,(H,19,21);2*1H. The van der Waals surface area contributed by atoms with Crippen molar-refractivity contribution in [3.8, 4) is 5.88 Å². The summed E-state index contributed by atoms with van der Waals surface area (Å²) in [7, 11) is 1.74. The van der Waals surface area contributed by atoms with Gasteiger partial charge in [-0.25, -0.2) is 4.98 Å². The second-order valence-electron chi connectivity index (χ2n) is 4.61. The lowest BCUT2D eigenvalue weighted by Crippen LogP contribution is -2.36. The molecule has 1 unspecified atom stereocenters. The number of halogens is 6. The summed E-state index contributed by atoms with van der Waals surface area (Å²) in [5.41, 5.74) is -0.945. The topological polar surface area (TPSA) is 63.2 Å². The molecule has 2 N–H and O–H groups in total. The van der Waals surface area contributed by atoms with Crippen LogP contribution in [0, 0.1) is 5.92 Å². The lowest BCUT2D eigenvalue weighted by molar-refractivity contribution is -0.137. The van der Waals surface area contributed by atoms with Gasteiger partial charge in [0, 0.05) is 18.7 Å². The third-order valence-electron chi connectivity index (χ3n) is 2.73. The fourth-order valence-corrected chi connectivity index (χ4v) is 1.80. The zero-order valence-corrected chi connectivity index (χ0v) is 15.3. The van der Waals surface area contributed by atoms with Crippen LogP contribution in [0.25, 0.3) is 0 Å². The molecule has 0 fully saturated rings. The Bertz CT molecular complexity index is 519. The first kappa shape index (κ1) is 25.3. The minimum absolute atomic E-state index is 0. The number of amides is 1. The Balaban J connectivity index is 0. The van der Waals surface area contributed by atoms with Crippen LogP contribution in [-0.4, -0.2) is 37.6 Å².